The molecule has 1 saturated heterocycles. The number of aromatic nitrogens is 2. The minimum absolute atomic E-state index is 0.0774. The van der Waals surface area contributed by atoms with Gasteiger partial charge in [-0.2, -0.15) is 26.3 Å². The van der Waals surface area contributed by atoms with Gasteiger partial charge in [0.05, 0.1) is 33.2 Å². The number of aliphatic carboxylic acids is 1. The number of sulfone groups is 1. The van der Waals surface area contributed by atoms with Gasteiger partial charge in [-0.05, 0) is 55.9 Å². The molecule has 4 atom stereocenters. The number of benzene rings is 2. The van der Waals surface area contributed by atoms with Crippen molar-refractivity contribution in [3.63, 3.8) is 0 Å². The van der Waals surface area contributed by atoms with E-state index in [0.29, 0.717) is 25.8 Å². The zero-order chi connectivity index (χ0) is 34.0. The molecule has 2 fully saturated rings. The van der Waals surface area contributed by atoms with Crippen molar-refractivity contribution < 1.29 is 49.5 Å². The Bertz CT molecular complexity index is 1640. The fraction of sp³-hybridized carbons (Fsp3) is 0.500. The molecule has 1 aromatic heterocycles. The lowest BCUT2D eigenvalue weighted by atomic mass is 9.81. The molecule has 3 N–H and O–H groups in total. The molecule has 46 heavy (non-hydrogen) atoms. The third-order valence-electron chi connectivity index (χ3n) is 8.10. The highest BCUT2D eigenvalue weighted by molar-refractivity contribution is 7.91. The van der Waals surface area contributed by atoms with Gasteiger partial charge in [-0.15, -0.1) is 0 Å². The maximum absolute atomic E-state index is 13.7. The fourth-order valence-electron chi connectivity index (χ4n) is 6.20. The number of likely N-dealkylation sites (tertiary alicyclic amines) is 1. The van der Waals surface area contributed by atoms with E-state index in [9.17, 15) is 39.6 Å². The highest BCUT2D eigenvalue weighted by atomic mass is 32.2. The SMILES string of the molecule is CC(C)N[C@@H]1CC[C@H](N2CCC(c3nc4cccc(C(F)(F)F)c4[nH]3)C2=O)[C@H](CS(=O)(=O)c2ccccc2)C1.O=C(O)C(F)(F)F. The Morgan fingerprint density at radius 3 is 2.28 bits per heavy atom. The Morgan fingerprint density at radius 2 is 1.70 bits per heavy atom. The number of hydrogen-bond acceptors (Lipinski definition) is 6. The van der Waals surface area contributed by atoms with Crippen LogP contribution in [0.3, 0.4) is 0 Å². The summed E-state index contributed by atoms with van der Waals surface area (Å²) in [6.07, 6.45) is -7.16. The molecule has 1 amide bonds. The number of imidazole rings is 1. The molecule has 2 aliphatic rings. The zero-order valence-corrected chi connectivity index (χ0v) is 25.7. The van der Waals surface area contributed by atoms with Gasteiger partial charge in [0, 0.05) is 24.7 Å². The molecule has 2 aromatic carbocycles. The van der Waals surface area contributed by atoms with Crippen molar-refractivity contribution in [1.82, 2.24) is 20.2 Å². The molecule has 1 aliphatic heterocycles. The van der Waals surface area contributed by atoms with Crippen LogP contribution in [0.15, 0.2) is 53.4 Å². The van der Waals surface area contributed by atoms with E-state index in [2.05, 4.69) is 15.3 Å². The first-order valence-corrected chi connectivity index (χ1v) is 16.2. The smallest absolute Gasteiger partial charge is 0.475 e. The van der Waals surface area contributed by atoms with E-state index in [1.807, 2.05) is 13.8 Å². The average Bonchev–Trinajstić information content (AvgIpc) is 3.55. The number of carboxylic acid groups (broad SMARTS) is 1. The highest BCUT2D eigenvalue weighted by Crippen LogP contribution is 2.39. The zero-order valence-electron chi connectivity index (χ0n) is 24.9. The van der Waals surface area contributed by atoms with Crippen molar-refractivity contribution >= 4 is 32.7 Å². The van der Waals surface area contributed by atoms with Crippen LogP contribution in [-0.4, -0.2) is 76.9 Å². The Kier molecular flexibility index (Phi) is 10.4. The number of carbonyl (C=O) groups is 2. The van der Waals surface area contributed by atoms with Crippen molar-refractivity contribution in [1.29, 1.82) is 0 Å². The largest absolute Gasteiger partial charge is 0.490 e. The Morgan fingerprint density at radius 1 is 1.04 bits per heavy atom. The maximum Gasteiger partial charge on any atom is 0.490 e. The van der Waals surface area contributed by atoms with Crippen LogP contribution in [0.5, 0.6) is 0 Å². The van der Waals surface area contributed by atoms with E-state index < -0.39 is 39.6 Å². The molecule has 252 valence electrons. The molecule has 1 aliphatic carbocycles. The van der Waals surface area contributed by atoms with Crippen LogP contribution in [0.1, 0.15) is 56.8 Å². The van der Waals surface area contributed by atoms with Crippen LogP contribution in [0.4, 0.5) is 26.3 Å². The number of hydrogen-bond donors (Lipinski definition) is 3. The van der Waals surface area contributed by atoms with Crippen molar-refractivity contribution in [2.75, 3.05) is 12.3 Å². The number of nitrogens with one attached hydrogen (secondary N) is 2. The molecular weight excluding hydrogens is 642 g/mol. The van der Waals surface area contributed by atoms with Gasteiger partial charge in [-0.3, -0.25) is 4.79 Å². The van der Waals surface area contributed by atoms with Crippen LogP contribution in [0.25, 0.3) is 11.0 Å². The van der Waals surface area contributed by atoms with Gasteiger partial charge >= 0.3 is 18.3 Å². The molecule has 1 saturated carbocycles. The minimum Gasteiger partial charge on any atom is -0.475 e. The average molecular weight is 677 g/mol. The molecule has 0 radical (unpaired) electrons. The number of carbonyl (C=O) groups excluding carboxylic acids is 1. The van der Waals surface area contributed by atoms with Gasteiger partial charge in [0.2, 0.25) is 5.91 Å². The van der Waals surface area contributed by atoms with Crippen LogP contribution in [0, 0.1) is 5.92 Å². The molecule has 0 spiro atoms. The van der Waals surface area contributed by atoms with Crippen LogP contribution < -0.4 is 5.32 Å². The number of carboxylic acids is 1. The molecule has 1 unspecified atom stereocenters. The standard InChI is InChI=1S/C28H33F3N4O3S.C2HF3O2/c1-17(2)32-19-11-12-24(18(15-19)16-39(37,38)20-7-4-3-5-8-20)35-14-13-21(27(35)36)26-33-23-10-6-9-22(25(23)34-26)28(29,30)31;3-2(4,5)1(6)7/h3-10,17-19,21,24,32H,11-16H2,1-2H3,(H,33,34);(H,6,7)/t18-,19+,21?,24-;/m0./s1. The summed E-state index contributed by atoms with van der Waals surface area (Å²) in [4.78, 5) is 31.7. The first-order chi connectivity index (χ1) is 21.4. The Hall–Kier alpha value is -3.66. The summed E-state index contributed by atoms with van der Waals surface area (Å²) in [6, 6.07) is 12.2. The van der Waals surface area contributed by atoms with Gasteiger partial charge in [0.25, 0.3) is 0 Å². The van der Waals surface area contributed by atoms with Crippen molar-refractivity contribution in [3.05, 3.63) is 59.9 Å². The topological polar surface area (TPSA) is 132 Å². The van der Waals surface area contributed by atoms with Crippen molar-refractivity contribution in [2.45, 2.75) is 80.8 Å². The first kappa shape index (κ1) is 35.2. The van der Waals surface area contributed by atoms with Crippen LogP contribution in [0.2, 0.25) is 0 Å². The molecule has 16 heteroatoms. The van der Waals surface area contributed by atoms with E-state index in [4.69, 9.17) is 9.90 Å². The van der Waals surface area contributed by atoms with Gasteiger partial charge in [0.1, 0.15) is 5.82 Å². The van der Waals surface area contributed by atoms with Gasteiger partial charge in [0.15, 0.2) is 9.84 Å². The third kappa shape index (κ3) is 8.18. The number of halogens is 6. The summed E-state index contributed by atoms with van der Waals surface area (Å²) in [6.45, 7) is 4.50. The predicted octanol–water partition coefficient (Wildman–Crippen LogP) is 5.54. The normalized spacial score (nSPS) is 22.6. The lowest BCUT2D eigenvalue weighted by Gasteiger charge is -2.41. The lowest BCUT2D eigenvalue weighted by Crippen LogP contribution is -2.51. The number of rotatable bonds is 7. The quantitative estimate of drug-likeness (QED) is 0.280. The number of nitrogens with zero attached hydrogens (tertiary/aromatic N) is 2. The van der Waals surface area contributed by atoms with E-state index in [1.165, 1.54) is 12.1 Å². The van der Waals surface area contributed by atoms with Gasteiger partial charge in [-0.1, -0.05) is 38.1 Å². The molecule has 9 nitrogen and oxygen atoms in total. The summed E-state index contributed by atoms with van der Waals surface area (Å²) < 4.78 is 99.0. The first-order valence-electron chi connectivity index (χ1n) is 14.6. The molecule has 5 rings (SSSR count). The molecule has 2 heterocycles. The summed E-state index contributed by atoms with van der Waals surface area (Å²) in [5, 5.41) is 10.6. The monoisotopic (exact) mass is 676 g/mol. The third-order valence-corrected chi connectivity index (χ3v) is 9.96. The summed E-state index contributed by atoms with van der Waals surface area (Å²) in [5.74, 6) is -3.81. The second kappa shape index (κ2) is 13.6. The van der Waals surface area contributed by atoms with E-state index in [-0.39, 0.29) is 57.5 Å². The Balaban J connectivity index is 0.000000617. The van der Waals surface area contributed by atoms with Crippen molar-refractivity contribution in [3.8, 4) is 0 Å². The fourth-order valence-corrected chi connectivity index (χ4v) is 7.89. The number of alkyl halides is 6. The number of H-pyrrole nitrogens is 1. The summed E-state index contributed by atoms with van der Waals surface area (Å²) in [5.41, 5.74) is -0.778. The van der Waals surface area contributed by atoms with Gasteiger partial charge < -0.3 is 20.3 Å². The minimum atomic E-state index is -5.08. The summed E-state index contributed by atoms with van der Waals surface area (Å²) >= 11 is 0. The number of amides is 1. The van der Waals surface area contributed by atoms with E-state index in [0.717, 1.165) is 12.5 Å². The number of aromatic amines is 1. The molecule has 0 bridgehead atoms. The van der Waals surface area contributed by atoms with E-state index >= 15 is 0 Å². The second-order valence-corrected chi connectivity index (χ2v) is 13.8. The lowest BCUT2D eigenvalue weighted by molar-refractivity contribution is -0.192. The second-order valence-electron chi connectivity index (χ2n) is 11.7. The molecular formula is C30H34F6N4O5S. The predicted molar refractivity (Wildman–Crippen MR) is 156 cm³/mol. The van der Waals surface area contributed by atoms with E-state index in [1.54, 1.807) is 35.2 Å². The number of para-hydroxylation sites is 1. The maximum atomic E-state index is 13.7. The Labute approximate surface area is 261 Å². The van der Waals surface area contributed by atoms with Crippen LogP contribution >= 0.6 is 0 Å². The summed E-state index contributed by atoms with van der Waals surface area (Å²) in [7, 11) is -3.58. The number of fused-ring (bicyclic) bond motifs is 1. The van der Waals surface area contributed by atoms with Gasteiger partial charge in [-0.25, -0.2) is 18.2 Å². The molecule has 3 aromatic rings. The van der Waals surface area contributed by atoms with Crippen LogP contribution in [-0.2, 0) is 25.6 Å². The highest BCUT2D eigenvalue weighted by Gasteiger charge is 2.45. The van der Waals surface area contributed by atoms with Crippen molar-refractivity contribution in [2.24, 2.45) is 5.92 Å².